The molecule has 208 valence electrons. The summed E-state index contributed by atoms with van der Waals surface area (Å²) in [6.45, 7) is 3.14. The van der Waals surface area contributed by atoms with Gasteiger partial charge in [-0.1, -0.05) is 90.5 Å². The van der Waals surface area contributed by atoms with Crippen molar-refractivity contribution < 1.29 is 14.0 Å². The van der Waals surface area contributed by atoms with Crippen LogP contribution in [0.2, 0.25) is 0 Å². The molecule has 1 N–H and O–H groups in total. The highest BCUT2D eigenvalue weighted by molar-refractivity contribution is 5.86. The third kappa shape index (κ3) is 7.48. The molecule has 41 heavy (non-hydrogen) atoms. The first-order valence-corrected chi connectivity index (χ1v) is 13.9. The normalized spacial score (nSPS) is 11.0. The number of carbonyl (C=O) groups excluding carboxylic acids is 2. The Kier molecular flexibility index (Phi) is 8.89. The monoisotopic (exact) mass is 547 g/mol. The van der Waals surface area contributed by atoms with Crippen molar-refractivity contribution in [3.05, 3.63) is 143 Å². The van der Waals surface area contributed by atoms with Gasteiger partial charge in [0.15, 0.2) is 0 Å². The molecule has 0 saturated heterocycles. The first-order chi connectivity index (χ1) is 19.9. The minimum absolute atomic E-state index is 0.0667. The molecule has 2 amide bonds. The molecule has 0 bridgehead atoms. The summed E-state index contributed by atoms with van der Waals surface area (Å²) in [5, 5.41) is 1.14. The summed E-state index contributed by atoms with van der Waals surface area (Å²) in [4.78, 5) is 34.1. The Morgan fingerprint density at radius 2 is 1.34 bits per heavy atom. The predicted octanol–water partition coefficient (Wildman–Crippen LogP) is 6.46. The zero-order valence-corrected chi connectivity index (χ0v) is 23.2. The molecule has 1 aromatic heterocycles. The van der Waals surface area contributed by atoms with Crippen molar-refractivity contribution in [2.24, 2.45) is 0 Å². The van der Waals surface area contributed by atoms with Crippen molar-refractivity contribution in [3.63, 3.8) is 0 Å². The van der Waals surface area contributed by atoms with Crippen LogP contribution < -0.4 is 0 Å². The molecule has 0 saturated carbocycles. The van der Waals surface area contributed by atoms with E-state index in [9.17, 15) is 14.0 Å². The first-order valence-electron chi connectivity index (χ1n) is 13.9. The fraction of sp³-hybridized carbons (Fsp3) is 0.200. The zero-order chi connectivity index (χ0) is 28.6. The van der Waals surface area contributed by atoms with E-state index in [1.165, 1.54) is 12.1 Å². The third-order valence-electron chi connectivity index (χ3n) is 7.34. The highest BCUT2D eigenvalue weighted by atomic mass is 19.1. The third-order valence-corrected chi connectivity index (χ3v) is 7.34. The highest BCUT2D eigenvalue weighted by Gasteiger charge is 2.23. The second kappa shape index (κ2) is 13.1. The van der Waals surface area contributed by atoms with E-state index in [1.54, 1.807) is 17.0 Å². The summed E-state index contributed by atoms with van der Waals surface area (Å²) in [5.41, 5.74) is 6.04. The summed E-state index contributed by atoms with van der Waals surface area (Å²) in [7, 11) is 0. The van der Waals surface area contributed by atoms with Gasteiger partial charge in [0, 0.05) is 36.7 Å². The maximum Gasteiger partial charge on any atom is 0.242 e. The van der Waals surface area contributed by atoms with Crippen molar-refractivity contribution in [1.82, 2.24) is 14.8 Å². The molecule has 0 unspecified atom stereocenters. The maximum atomic E-state index is 13.9. The zero-order valence-electron chi connectivity index (χ0n) is 23.2. The number of amides is 2. The number of H-pyrrole nitrogens is 1. The quantitative estimate of drug-likeness (QED) is 0.206. The van der Waals surface area contributed by atoms with E-state index in [4.69, 9.17) is 0 Å². The van der Waals surface area contributed by atoms with Crippen molar-refractivity contribution >= 4 is 22.7 Å². The van der Waals surface area contributed by atoms with Gasteiger partial charge < -0.3 is 14.8 Å². The summed E-state index contributed by atoms with van der Waals surface area (Å²) in [6.07, 6.45) is 2.86. The van der Waals surface area contributed by atoms with Gasteiger partial charge in [0.25, 0.3) is 0 Å². The smallest absolute Gasteiger partial charge is 0.242 e. The van der Waals surface area contributed by atoms with E-state index in [-0.39, 0.29) is 37.1 Å². The number of hydrogen-bond acceptors (Lipinski definition) is 2. The average molecular weight is 548 g/mol. The van der Waals surface area contributed by atoms with Crippen LogP contribution in [0.5, 0.6) is 0 Å². The van der Waals surface area contributed by atoms with Gasteiger partial charge in [-0.05, 0) is 53.8 Å². The minimum Gasteiger partial charge on any atom is -0.361 e. The van der Waals surface area contributed by atoms with Crippen molar-refractivity contribution in [2.75, 3.05) is 13.1 Å². The standard InChI is InChI=1S/C35H34FN3O2/c1-26-11-13-28(14-12-26)23-38(20-19-30-22-37-33-10-6-5-9-32(30)33)35(41)25-39(24-29-15-17-31(36)18-16-29)34(40)21-27-7-3-2-4-8-27/h2-18,22,37H,19-21,23-25H2,1H3. The molecule has 0 fully saturated rings. The molecule has 5 rings (SSSR count). The number of halogens is 1. The number of para-hydroxylation sites is 1. The Balaban J connectivity index is 1.37. The minimum atomic E-state index is -0.339. The molecule has 6 heteroatoms. The lowest BCUT2D eigenvalue weighted by molar-refractivity contribution is -0.141. The van der Waals surface area contributed by atoms with E-state index in [0.29, 0.717) is 19.5 Å². The molecule has 4 aromatic carbocycles. The number of fused-ring (bicyclic) bond motifs is 1. The summed E-state index contributed by atoms with van der Waals surface area (Å²) in [5.74, 6) is -0.622. The Bertz CT molecular complexity index is 1590. The van der Waals surface area contributed by atoms with Crippen LogP contribution in [-0.2, 0) is 35.5 Å². The SMILES string of the molecule is Cc1ccc(CN(CCc2c[nH]c3ccccc23)C(=O)CN(Cc2ccc(F)cc2)C(=O)Cc2ccccc2)cc1. The Morgan fingerprint density at radius 1 is 0.707 bits per heavy atom. The molecule has 0 aliphatic heterocycles. The van der Waals surface area contributed by atoms with Gasteiger partial charge in [0.1, 0.15) is 12.4 Å². The summed E-state index contributed by atoms with van der Waals surface area (Å²) < 4.78 is 13.6. The van der Waals surface area contributed by atoms with Crippen LogP contribution in [0.4, 0.5) is 4.39 Å². The lowest BCUT2D eigenvalue weighted by Gasteiger charge is -2.28. The highest BCUT2D eigenvalue weighted by Crippen LogP contribution is 2.19. The van der Waals surface area contributed by atoms with E-state index >= 15 is 0 Å². The van der Waals surface area contributed by atoms with E-state index in [2.05, 4.69) is 11.1 Å². The Labute approximate surface area is 240 Å². The Hall–Kier alpha value is -4.71. The van der Waals surface area contributed by atoms with Gasteiger partial charge >= 0.3 is 0 Å². The molecule has 0 atom stereocenters. The number of carbonyl (C=O) groups is 2. The van der Waals surface area contributed by atoms with Crippen LogP contribution in [-0.4, -0.2) is 39.7 Å². The second-order valence-electron chi connectivity index (χ2n) is 10.4. The molecular weight excluding hydrogens is 513 g/mol. The Morgan fingerprint density at radius 3 is 2.07 bits per heavy atom. The lowest BCUT2D eigenvalue weighted by Crippen LogP contribution is -2.43. The van der Waals surface area contributed by atoms with Crippen LogP contribution in [0.15, 0.2) is 109 Å². The second-order valence-corrected chi connectivity index (χ2v) is 10.4. The van der Waals surface area contributed by atoms with Crippen molar-refractivity contribution in [2.45, 2.75) is 32.9 Å². The molecular formula is C35H34FN3O2. The van der Waals surface area contributed by atoms with Gasteiger partial charge in [-0.2, -0.15) is 0 Å². The molecule has 1 heterocycles. The fourth-order valence-electron chi connectivity index (χ4n) is 4.99. The molecule has 5 nitrogen and oxygen atoms in total. The van der Waals surface area contributed by atoms with Crippen LogP contribution in [0.1, 0.15) is 27.8 Å². The lowest BCUT2D eigenvalue weighted by atomic mass is 10.1. The van der Waals surface area contributed by atoms with Crippen molar-refractivity contribution in [3.8, 4) is 0 Å². The maximum absolute atomic E-state index is 13.9. The number of aryl methyl sites for hydroxylation is 1. The molecule has 5 aromatic rings. The van der Waals surface area contributed by atoms with Gasteiger partial charge in [-0.3, -0.25) is 9.59 Å². The van der Waals surface area contributed by atoms with Crippen LogP contribution in [0.25, 0.3) is 10.9 Å². The summed E-state index contributed by atoms with van der Waals surface area (Å²) in [6, 6.07) is 31.9. The fourth-order valence-corrected chi connectivity index (χ4v) is 4.99. The number of aromatic amines is 1. The van der Waals surface area contributed by atoms with E-state index < -0.39 is 0 Å². The molecule has 0 spiro atoms. The first kappa shape index (κ1) is 27.8. The number of rotatable bonds is 11. The largest absolute Gasteiger partial charge is 0.361 e. The van der Waals surface area contributed by atoms with Gasteiger partial charge in [0.2, 0.25) is 11.8 Å². The van der Waals surface area contributed by atoms with Gasteiger partial charge in [-0.15, -0.1) is 0 Å². The van der Waals surface area contributed by atoms with Gasteiger partial charge in [0.05, 0.1) is 6.42 Å². The topological polar surface area (TPSA) is 56.4 Å². The number of nitrogens with one attached hydrogen (secondary N) is 1. The molecule has 0 aliphatic carbocycles. The number of benzene rings is 4. The van der Waals surface area contributed by atoms with Crippen LogP contribution in [0, 0.1) is 12.7 Å². The average Bonchev–Trinajstić information content (AvgIpc) is 3.40. The number of aromatic nitrogens is 1. The van der Waals surface area contributed by atoms with Crippen LogP contribution >= 0.6 is 0 Å². The number of nitrogens with zero attached hydrogens (tertiary/aromatic N) is 2. The number of hydrogen-bond donors (Lipinski definition) is 1. The summed E-state index contributed by atoms with van der Waals surface area (Å²) >= 11 is 0. The predicted molar refractivity (Wildman–Crippen MR) is 161 cm³/mol. The van der Waals surface area contributed by atoms with Crippen molar-refractivity contribution in [1.29, 1.82) is 0 Å². The van der Waals surface area contributed by atoms with Crippen LogP contribution in [0.3, 0.4) is 0 Å². The molecule has 0 aliphatic rings. The molecule has 0 radical (unpaired) electrons. The van der Waals surface area contributed by atoms with E-state index in [0.717, 1.165) is 38.7 Å². The van der Waals surface area contributed by atoms with E-state index in [1.807, 2.05) is 90.8 Å². The van der Waals surface area contributed by atoms with Gasteiger partial charge in [-0.25, -0.2) is 4.39 Å².